The standard InChI is InChI=1S/C17H27N3O.HI/c1-13-8-9-14(12-16(13)21-3)10-11-19-17(18-2)20-15-6-4-5-7-15;/h8-9,12,15H,4-7,10-11H2,1-3H3,(H2,18,19,20);1H. The molecule has 0 saturated heterocycles. The number of hydrogen-bond acceptors (Lipinski definition) is 2. The summed E-state index contributed by atoms with van der Waals surface area (Å²) < 4.78 is 5.37. The smallest absolute Gasteiger partial charge is 0.191 e. The van der Waals surface area contributed by atoms with E-state index in [1.54, 1.807) is 7.11 Å². The first-order valence-electron chi connectivity index (χ1n) is 7.83. The van der Waals surface area contributed by atoms with Crippen LogP contribution in [0.3, 0.4) is 0 Å². The van der Waals surface area contributed by atoms with Crippen molar-refractivity contribution in [3.63, 3.8) is 0 Å². The van der Waals surface area contributed by atoms with Crippen LogP contribution in [0.5, 0.6) is 5.75 Å². The Morgan fingerprint density at radius 3 is 2.68 bits per heavy atom. The van der Waals surface area contributed by atoms with Crippen molar-refractivity contribution in [2.75, 3.05) is 20.7 Å². The van der Waals surface area contributed by atoms with Gasteiger partial charge < -0.3 is 15.4 Å². The number of rotatable bonds is 5. The molecule has 124 valence electrons. The predicted molar refractivity (Wildman–Crippen MR) is 104 cm³/mol. The molecule has 22 heavy (non-hydrogen) atoms. The highest BCUT2D eigenvalue weighted by molar-refractivity contribution is 14.0. The van der Waals surface area contributed by atoms with Gasteiger partial charge in [-0.3, -0.25) is 4.99 Å². The van der Waals surface area contributed by atoms with E-state index in [9.17, 15) is 0 Å². The number of guanidine groups is 1. The molecule has 0 amide bonds. The SMILES string of the molecule is CN=C(NCCc1ccc(C)c(OC)c1)NC1CCCC1.I. The Bertz CT molecular complexity index is 485. The van der Waals surface area contributed by atoms with E-state index in [4.69, 9.17) is 4.74 Å². The van der Waals surface area contributed by atoms with Gasteiger partial charge >= 0.3 is 0 Å². The maximum atomic E-state index is 5.37. The molecular weight excluding hydrogens is 389 g/mol. The predicted octanol–water partition coefficient (Wildman–Crippen LogP) is 3.27. The molecule has 0 spiro atoms. The van der Waals surface area contributed by atoms with E-state index in [1.807, 2.05) is 7.05 Å². The summed E-state index contributed by atoms with van der Waals surface area (Å²) in [5.41, 5.74) is 2.45. The average Bonchev–Trinajstić information content (AvgIpc) is 3.00. The van der Waals surface area contributed by atoms with E-state index in [0.29, 0.717) is 6.04 Å². The van der Waals surface area contributed by atoms with E-state index >= 15 is 0 Å². The van der Waals surface area contributed by atoms with Crippen LogP contribution in [-0.4, -0.2) is 32.7 Å². The van der Waals surface area contributed by atoms with Crippen LogP contribution >= 0.6 is 24.0 Å². The molecule has 0 unspecified atom stereocenters. The summed E-state index contributed by atoms with van der Waals surface area (Å²) in [7, 11) is 3.55. The molecule has 2 N–H and O–H groups in total. The Morgan fingerprint density at radius 2 is 2.05 bits per heavy atom. The molecule has 1 saturated carbocycles. The molecule has 1 aliphatic rings. The molecule has 0 atom stereocenters. The Morgan fingerprint density at radius 1 is 1.32 bits per heavy atom. The first kappa shape index (κ1) is 19.1. The molecule has 1 fully saturated rings. The third-order valence-corrected chi connectivity index (χ3v) is 4.10. The van der Waals surface area contributed by atoms with E-state index in [0.717, 1.165) is 24.7 Å². The largest absolute Gasteiger partial charge is 0.496 e. The number of hydrogen-bond donors (Lipinski definition) is 2. The highest BCUT2D eigenvalue weighted by atomic mass is 127. The number of aryl methyl sites for hydroxylation is 1. The molecule has 0 aromatic heterocycles. The Labute approximate surface area is 151 Å². The fourth-order valence-electron chi connectivity index (χ4n) is 2.80. The van der Waals surface area contributed by atoms with Crippen LogP contribution in [0, 0.1) is 6.92 Å². The van der Waals surface area contributed by atoms with Crippen LogP contribution in [0.15, 0.2) is 23.2 Å². The molecule has 1 aliphatic carbocycles. The maximum Gasteiger partial charge on any atom is 0.191 e. The monoisotopic (exact) mass is 417 g/mol. The molecule has 1 aromatic carbocycles. The Kier molecular flexibility index (Phi) is 8.60. The van der Waals surface area contributed by atoms with Crippen LogP contribution < -0.4 is 15.4 Å². The van der Waals surface area contributed by atoms with E-state index in [2.05, 4.69) is 40.7 Å². The number of aliphatic imine (C=N–C) groups is 1. The molecule has 0 heterocycles. The normalized spacial score (nSPS) is 15.3. The van der Waals surface area contributed by atoms with Crippen molar-refractivity contribution in [3.05, 3.63) is 29.3 Å². The fourth-order valence-corrected chi connectivity index (χ4v) is 2.80. The van der Waals surface area contributed by atoms with Crippen molar-refractivity contribution >= 4 is 29.9 Å². The number of ether oxygens (including phenoxy) is 1. The van der Waals surface area contributed by atoms with Crippen molar-refractivity contribution < 1.29 is 4.74 Å². The lowest BCUT2D eigenvalue weighted by Crippen LogP contribution is -2.42. The lowest BCUT2D eigenvalue weighted by atomic mass is 10.1. The number of benzene rings is 1. The van der Waals surface area contributed by atoms with Gasteiger partial charge in [0.2, 0.25) is 0 Å². The lowest BCUT2D eigenvalue weighted by Gasteiger charge is -2.17. The second-order valence-electron chi connectivity index (χ2n) is 5.68. The minimum absolute atomic E-state index is 0. The first-order chi connectivity index (χ1) is 10.2. The summed E-state index contributed by atoms with van der Waals surface area (Å²) in [5, 5.41) is 6.89. The topological polar surface area (TPSA) is 45.7 Å². The summed E-state index contributed by atoms with van der Waals surface area (Å²) in [6.45, 7) is 2.94. The highest BCUT2D eigenvalue weighted by Gasteiger charge is 2.15. The summed E-state index contributed by atoms with van der Waals surface area (Å²) in [6, 6.07) is 6.98. The molecule has 4 nitrogen and oxygen atoms in total. The summed E-state index contributed by atoms with van der Waals surface area (Å²) in [6.07, 6.45) is 6.14. The first-order valence-corrected chi connectivity index (χ1v) is 7.83. The van der Waals surface area contributed by atoms with Gasteiger partial charge in [-0.2, -0.15) is 0 Å². The lowest BCUT2D eigenvalue weighted by molar-refractivity contribution is 0.411. The van der Waals surface area contributed by atoms with Gasteiger partial charge in [-0.05, 0) is 43.4 Å². The maximum absolute atomic E-state index is 5.37. The zero-order chi connectivity index (χ0) is 15.1. The molecule has 1 aromatic rings. The number of nitrogens with one attached hydrogen (secondary N) is 2. The van der Waals surface area contributed by atoms with Gasteiger partial charge in [-0.25, -0.2) is 0 Å². The minimum Gasteiger partial charge on any atom is -0.496 e. The molecule has 2 rings (SSSR count). The zero-order valence-corrected chi connectivity index (χ0v) is 16.1. The van der Waals surface area contributed by atoms with Gasteiger partial charge in [0.25, 0.3) is 0 Å². The van der Waals surface area contributed by atoms with E-state index in [1.165, 1.54) is 36.8 Å². The summed E-state index contributed by atoms with van der Waals surface area (Å²) in [5.74, 6) is 1.88. The van der Waals surface area contributed by atoms with Crippen molar-refractivity contribution in [3.8, 4) is 5.75 Å². The molecular formula is C17H28IN3O. The third-order valence-electron chi connectivity index (χ3n) is 4.10. The molecule has 0 bridgehead atoms. The van der Waals surface area contributed by atoms with Crippen LogP contribution in [0.4, 0.5) is 0 Å². The number of methoxy groups -OCH3 is 1. The molecule has 0 aliphatic heterocycles. The molecule has 0 radical (unpaired) electrons. The zero-order valence-electron chi connectivity index (χ0n) is 13.8. The van der Waals surface area contributed by atoms with Crippen LogP contribution in [0.2, 0.25) is 0 Å². The average molecular weight is 417 g/mol. The highest BCUT2D eigenvalue weighted by Crippen LogP contribution is 2.19. The van der Waals surface area contributed by atoms with Gasteiger partial charge in [0.1, 0.15) is 5.75 Å². The second kappa shape index (κ2) is 9.92. The van der Waals surface area contributed by atoms with Crippen molar-refractivity contribution in [2.24, 2.45) is 4.99 Å². The second-order valence-corrected chi connectivity index (χ2v) is 5.68. The molecule has 5 heteroatoms. The quantitative estimate of drug-likeness (QED) is 0.439. The number of nitrogens with zero attached hydrogens (tertiary/aromatic N) is 1. The van der Waals surface area contributed by atoms with Gasteiger partial charge in [0.15, 0.2) is 5.96 Å². The van der Waals surface area contributed by atoms with Crippen molar-refractivity contribution in [1.29, 1.82) is 0 Å². The number of halogens is 1. The summed E-state index contributed by atoms with van der Waals surface area (Å²) >= 11 is 0. The van der Waals surface area contributed by atoms with Gasteiger partial charge in [0.05, 0.1) is 7.11 Å². The fraction of sp³-hybridized carbons (Fsp3) is 0.588. The van der Waals surface area contributed by atoms with Crippen LogP contribution in [-0.2, 0) is 6.42 Å². The van der Waals surface area contributed by atoms with Crippen LogP contribution in [0.1, 0.15) is 36.8 Å². The third kappa shape index (κ3) is 5.66. The van der Waals surface area contributed by atoms with E-state index in [-0.39, 0.29) is 24.0 Å². The van der Waals surface area contributed by atoms with Gasteiger partial charge in [0, 0.05) is 19.6 Å². The van der Waals surface area contributed by atoms with E-state index < -0.39 is 0 Å². The minimum atomic E-state index is 0. The van der Waals surface area contributed by atoms with Crippen molar-refractivity contribution in [2.45, 2.75) is 45.1 Å². The Hall–Kier alpha value is -0.980. The van der Waals surface area contributed by atoms with Gasteiger partial charge in [-0.15, -0.1) is 24.0 Å². The van der Waals surface area contributed by atoms with Crippen LogP contribution in [0.25, 0.3) is 0 Å². The summed E-state index contributed by atoms with van der Waals surface area (Å²) in [4.78, 5) is 4.30. The van der Waals surface area contributed by atoms with Crippen molar-refractivity contribution in [1.82, 2.24) is 10.6 Å². The van der Waals surface area contributed by atoms with Gasteiger partial charge in [-0.1, -0.05) is 25.0 Å². The Balaban J connectivity index is 0.00000242.